The number of nitro benzene ring substituents is 1. The summed E-state index contributed by atoms with van der Waals surface area (Å²) in [6.45, 7) is 0. The van der Waals surface area contributed by atoms with Gasteiger partial charge in [-0.2, -0.15) is 5.10 Å². The van der Waals surface area contributed by atoms with Crippen molar-refractivity contribution in [2.24, 2.45) is 7.05 Å². The fourth-order valence-electron chi connectivity index (χ4n) is 1.48. The Labute approximate surface area is 116 Å². The van der Waals surface area contributed by atoms with Crippen molar-refractivity contribution < 1.29 is 9.72 Å². The molecule has 1 heterocycles. The van der Waals surface area contributed by atoms with E-state index in [0.29, 0.717) is 10.3 Å². The molecule has 0 aliphatic heterocycles. The monoisotopic (exact) mass is 324 g/mol. The van der Waals surface area contributed by atoms with E-state index < -0.39 is 10.8 Å². The van der Waals surface area contributed by atoms with Crippen LogP contribution in [0.15, 0.2) is 34.9 Å². The lowest BCUT2D eigenvalue weighted by molar-refractivity contribution is -0.384. The zero-order valence-corrected chi connectivity index (χ0v) is 11.4. The third-order valence-corrected chi connectivity index (χ3v) is 3.16. The number of carbonyl (C=O) groups excluding carboxylic acids is 1. The number of non-ortho nitro benzene ring substituents is 1. The van der Waals surface area contributed by atoms with Crippen LogP contribution in [0.4, 0.5) is 11.5 Å². The zero-order chi connectivity index (χ0) is 14.0. The highest BCUT2D eigenvalue weighted by molar-refractivity contribution is 9.10. The summed E-state index contributed by atoms with van der Waals surface area (Å²) in [5.74, 6) is 0.0579. The molecule has 0 unspecified atom stereocenters. The molecule has 1 amide bonds. The maximum Gasteiger partial charge on any atom is 0.270 e. The summed E-state index contributed by atoms with van der Waals surface area (Å²) in [6.07, 6.45) is 1.54. The van der Waals surface area contributed by atoms with Crippen LogP contribution in [0.3, 0.4) is 0 Å². The molecule has 0 saturated carbocycles. The summed E-state index contributed by atoms with van der Waals surface area (Å²) in [7, 11) is 1.68. The highest BCUT2D eigenvalue weighted by Gasteiger charge is 2.16. The van der Waals surface area contributed by atoms with Crippen molar-refractivity contribution in [3.63, 3.8) is 0 Å². The first-order chi connectivity index (χ1) is 8.99. The quantitative estimate of drug-likeness (QED) is 0.693. The Morgan fingerprint density at radius 1 is 1.47 bits per heavy atom. The second-order valence-electron chi connectivity index (χ2n) is 3.72. The van der Waals surface area contributed by atoms with Gasteiger partial charge in [-0.15, -0.1) is 0 Å². The smallest absolute Gasteiger partial charge is 0.270 e. The molecule has 2 rings (SSSR count). The number of carbonyl (C=O) groups is 1. The average Bonchev–Trinajstić information content (AvgIpc) is 2.75. The van der Waals surface area contributed by atoms with Crippen LogP contribution in [0.5, 0.6) is 0 Å². The molecule has 0 atom stereocenters. The number of rotatable bonds is 3. The normalized spacial score (nSPS) is 10.2. The number of hydrogen-bond acceptors (Lipinski definition) is 4. The molecule has 7 nitrogen and oxygen atoms in total. The van der Waals surface area contributed by atoms with Crippen LogP contribution in [-0.4, -0.2) is 20.6 Å². The standard InChI is InChI=1S/C11H9BrN4O3/c1-15-10(4-5-13-15)14-11(17)8-6-7(16(18)19)2-3-9(8)12/h2-6H,1H3,(H,14,17). The van der Waals surface area contributed by atoms with Crippen molar-refractivity contribution in [1.29, 1.82) is 0 Å². The highest BCUT2D eigenvalue weighted by atomic mass is 79.9. The zero-order valence-electron chi connectivity index (χ0n) is 9.83. The maximum atomic E-state index is 12.1. The van der Waals surface area contributed by atoms with Crippen molar-refractivity contribution in [1.82, 2.24) is 9.78 Å². The summed E-state index contributed by atoms with van der Waals surface area (Å²) >= 11 is 3.20. The molecule has 0 saturated heterocycles. The van der Waals surface area contributed by atoms with E-state index in [2.05, 4.69) is 26.3 Å². The molecule has 8 heteroatoms. The minimum absolute atomic E-state index is 0.140. The van der Waals surface area contributed by atoms with E-state index in [0.717, 1.165) is 0 Å². The largest absolute Gasteiger partial charge is 0.307 e. The van der Waals surface area contributed by atoms with Crippen LogP contribution in [0, 0.1) is 10.1 Å². The van der Waals surface area contributed by atoms with Crippen LogP contribution >= 0.6 is 15.9 Å². The molecule has 0 spiro atoms. The lowest BCUT2D eigenvalue weighted by atomic mass is 10.2. The Hall–Kier alpha value is -2.22. The topological polar surface area (TPSA) is 90.1 Å². The number of benzene rings is 1. The molecule has 2 aromatic rings. The summed E-state index contributed by atoms with van der Waals surface area (Å²) < 4.78 is 1.97. The van der Waals surface area contributed by atoms with Crippen molar-refractivity contribution in [3.8, 4) is 0 Å². The lowest BCUT2D eigenvalue weighted by Crippen LogP contribution is -2.15. The van der Waals surface area contributed by atoms with Gasteiger partial charge in [0.1, 0.15) is 5.82 Å². The van der Waals surface area contributed by atoms with Gasteiger partial charge < -0.3 is 5.32 Å². The molecular weight excluding hydrogens is 316 g/mol. The van der Waals surface area contributed by atoms with E-state index in [1.165, 1.54) is 29.1 Å². The number of nitrogens with one attached hydrogen (secondary N) is 1. The molecule has 1 N–H and O–H groups in total. The van der Waals surface area contributed by atoms with Gasteiger partial charge in [-0.05, 0) is 22.0 Å². The molecule has 1 aromatic heterocycles. The van der Waals surface area contributed by atoms with Gasteiger partial charge >= 0.3 is 0 Å². The first kappa shape index (κ1) is 13.2. The number of anilines is 1. The molecule has 0 bridgehead atoms. The third kappa shape index (κ3) is 2.79. The van der Waals surface area contributed by atoms with Crippen LogP contribution in [-0.2, 0) is 7.05 Å². The highest BCUT2D eigenvalue weighted by Crippen LogP contribution is 2.23. The Kier molecular flexibility index (Phi) is 3.61. The van der Waals surface area contributed by atoms with Crippen molar-refractivity contribution in [3.05, 3.63) is 50.6 Å². The Bertz CT molecular complexity index is 653. The Morgan fingerprint density at radius 3 is 2.79 bits per heavy atom. The van der Waals surface area contributed by atoms with E-state index in [4.69, 9.17) is 0 Å². The number of hydrogen-bond donors (Lipinski definition) is 1. The van der Waals surface area contributed by atoms with Crippen LogP contribution in [0.2, 0.25) is 0 Å². The molecular formula is C11H9BrN4O3. The van der Waals surface area contributed by atoms with Crippen molar-refractivity contribution >= 4 is 33.3 Å². The molecule has 98 valence electrons. The predicted molar refractivity (Wildman–Crippen MR) is 72.0 cm³/mol. The van der Waals surface area contributed by atoms with E-state index in [1.807, 2.05) is 0 Å². The minimum Gasteiger partial charge on any atom is -0.307 e. The first-order valence-corrected chi connectivity index (χ1v) is 6.01. The van der Waals surface area contributed by atoms with Gasteiger partial charge in [0.25, 0.3) is 11.6 Å². The van der Waals surface area contributed by atoms with Gasteiger partial charge in [0.15, 0.2) is 0 Å². The van der Waals surface area contributed by atoms with Gasteiger partial charge in [-0.3, -0.25) is 19.6 Å². The summed E-state index contributed by atoms with van der Waals surface area (Å²) in [4.78, 5) is 22.2. The second-order valence-corrected chi connectivity index (χ2v) is 4.57. The first-order valence-electron chi connectivity index (χ1n) is 5.22. The second kappa shape index (κ2) is 5.19. The number of halogens is 1. The Morgan fingerprint density at radius 2 is 2.21 bits per heavy atom. The molecule has 19 heavy (non-hydrogen) atoms. The Balaban J connectivity index is 2.31. The minimum atomic E-state index is -0.548. The molecule has 1 aromatic carbocycles. The number of amides is 1. The number of aryl methyl sites for hydroxylation is 1. The van der Waals surface area contributed by atoms with Crippen molar-refractivity contribution in [2.75, 3.05) is 5.32 Å². The van der Waals surface area contributed by atoms with Gasteiger partial charge in [0.05, 0.1) is 16.7 Å². The van der Waals surface area contributed by atoms with E-state index in [-0.39, 0.29) is 11.3 Å². The summed E-state index contributed by atoms with van der Waals surface area (Å²) in [5.41, 5.74) is 0.0498. The van der Waals surface area contributed by atoms with Crippen LogP contribution in [0.25, 0.3) is 0 Å². The number of nitro groups is 1. The van der Waals surface area contributed by atoms with Gasteiger partial charge in [-0.1, -0.05) is 0 Å². The molecule has 0 aliphatic carbocycles. The molecule has 0 fully saturated rings. The van der Waals surface area contributed by atoms with Crippen LogP contribution < -0.4 is 5.32 Å². The fraction of sp³-hybridized carbons (Fsp3) is 0.0909. The number of nitrogens with zero attached hydrogens (tertiary/aromatic N) is 3. The van der Waals surface area contributed by atoms with Crippen molar-refractivity contribution in [2.45, 2.75) is 0 Å². The third-order valence-electron chi connectivity index (χ3n) is 2.47. The van der Waals surface area contributed by atoms with Gasteiger partial charge in [0, 0.05) is 29.7 Å². The van der Waals surface area contributed by atoms with E-state index >= 15 is 0 Å². The van der Waals surface area contributed by atoms with Gasteiger partial charge in [-0.25, -0.2) is 0 Å². The maximum absolute atomic E-state index is 12.1. The SMILES string of the molecule is Cn1nccc1NC(=O)c1cc([N+](=O)[O-])ccc1Br. The number of aromatic nitrogens is 2. The van der Waals surface area contributed by atoms with Gasteiger partial charge in [0.2, 0.25) is 0 Å². The lowest BCUT2D eigenvalue weighted by Gasteiger charge is -2.06. The predicted octanol–water partition coefficient (Wildman–Crippen LogP) is 2.34. The molecule has 0 aliphatic rings. The van der Waals surface area contributed by atoms with E-state index in [1.54, 1.807) is 13.1 Å². The average molecular weight is 325 g/mol. The van der Waals surface area contributed by atoms with E-state index in [9.17, 15) is 14.9 Å². The fourth-order valence-corrected chi connectivity index (χ4v) is 1.91. The summed E-state index contributed by atoms with van der Waals surface area (Å²) in [5, 5.41) is 17.2. The summed E-state index contributed by atoms with van der Waals surface area (Å²) in [6, 6.07) is 5.64. The van der Waals surface area contributed by atoms with Crippen LogP contribution in [0.1, 0.15) is 10.4 Å². The molecule has 0 radical (unpaired) electrons.